The van der Waals surface area contributed by atoms with Gasteiger partial charge in [-0.2, -0.15) is 0 Å². The van der Waals surface area contributed by atoms with Gasteiger partial charge in [0.2, 0.25) is 0 Å². The molecule has 0 aliphatic heterocycles. The standard InChI is InChI=1S/C45H28N4O/c1-4-13-29(14-5-1)32-23-25-39-36(27-32)34-19-10-11-21-38(34)49(39)33-24-26-40-37(28-33)42-35(20-12-22-41(42)50-40)45-47-43(30-15-6-2-7-16-30)46-44(48-45)31-17-8-3-9-18-31/h1-28H. The van der Waals surface area contributed by atoms with E-state index in [1.54, 1.807) is 0 Å². The van der Waals surface area contributed by atoms with Crippen LogP contribution in [0.5, 0.6) is 0 Å². The third-order valence-corrected chi connectivity index (χ3v) is 9.46. The Morgan fingerprint density at radius 1 is 0.380 bits per heavy atom. The predicted molar refractivity (Wildman–Crippen MR) is 203 cm³/mol. The fraction of sp³-hybridized carbons (Fsp3) is 0. The van der Waals surface area contributed by atoms with Crippen molar-refractivity contribution in [2.75, 3.05) is 0 Å². The van der Waals surface area contributed by atoms with Crippen LogP contribution in [-0.4, -0.2) is 19.5 Å². The molecule has 0 fully saturated rings. The lowest BCUT2D eigenvalue weighted by Crippen LogP contribution is -2.00. The first-order valence-corrected chi connectivity index (χ1v) is 16.7. The first kappa shape index (κ1) is 28.2. The Morgan fingerprint density at radius 3 is 1.72 bits per heavy atom. The van der Waals surface area contributed by atoms with E-state index in [9.17, 15) is 0 Å². The topological polar surface area (TPSA) is 56.7 Å². The van der Waals surface area contributed by atoms with E-state index in [0.717, 1.165) is 55.3 Å². The summed E-state index contributed by atoms with van der Waals surface area (Å²) in [5, 5.41) is 4.40. The number of benzene rings is 7. The molecule has 0 aliphatic carbocycles. The average Bonchev–Trinajstić information content (AvgIpc) is 3.74. The van der Waals surface area contributed by atoms with Crippen molar-refractivity contribution >= 4 is 43.7 Å². The summed E-state index contributed by atoms with van der Waals surface area (Å²) in [7, 11) is 0. The molecule has 0 radical (unpaired) electrons. The summed E-state index contributed by atoms with van der Waals surface area (Å²) in [6.07, 6.45) is 0. The minimum absolute atomic E-state index is 0.599. The van der Waals surface area contributed by atoms with Crippen molar-refractivity contribution in [2.45, 2.75) is 0 Å². The Labute approximate surface area is 287 Å². The van der Waals surface area contributed by atoms with Gasteiger partial charge in [0.15, 0.2) is 17.5 Å². The van der Waals surface area contributed by atoms with Gasteiger partial charge in [0, 0.05) is 43.9 Å². The van der Waals surface area contributed by atoms with Crippen LogP contribution in [0, 0.1) is 0 Å². The van der Waals surface area contributed by atoms with Gasteiger partial charge >= 0.3 is 0 Å². The van der Waals surface area contributed by atoms with E-state index in [1.165, 1.54) is 21.9 Å². The zero-order valence-corrected chi connectivity index (χ0v) is 26.9. The SMILES string of the molecule is c1ccc(-c2ccc3c(c2)c2ccccc2n3-c2ccc3oc4cccc(-c5nc(-c6ccccc6)nc(-c6ccccc6)n5)c4c3c2)cc1. The van der Waals surface area contributed by atoms with E-state index in [2.05, 4.69) is 102 Å². The van der Waals surface area contributed by atoms with Crippen molar-refractivity contribution in [3.63, 3.8) is 0 Å². The van der Waals surface area contributed by atoms with Gasteiger partial charge in [-0.15, -0.1) is 0 Å². The van der Waals surface area contributed by atoms with Crippen LogP contribution in [0.2, 0.25) is 0 Å². The molecule has 0 unspecified atom stereocenters. The molecule has 5 nitrogen and oxygen atoms in total. The van der Waals surface area contributed by atoms with E-state index < -0.39 is 0 Å². The number of nitrogens with zero attached hydrogens (tertiary/aromatic N) is 4. The van der Waals surface area contributed by atoms with Crippen LogP contribution in [0.4, 0.5) is 0 Å². The van der Waals surface area contributed by atoms with Crippen molar-refractivity contribution in [2.24, 2.45) is 0 Å². The largest absolute Gasteiger partial charge is 0.456 e. The fourth-order valence-electron chi connectivity index (χ4n) is 7.13. The van der Waals surface area contributed by atoms with E-state index >= 15 is 0 Å². The van der Waals surface area contributed by atoms with E-state index in [0.29, 0.717) is 17.5 Å². The molecular weight excluding hydrogens is 613 g/mol. The quantitative estimate of drug-likeness (QED) is 0.188. The van der Waals surface area contributed by atoms with Crippen LogP contribution in [0.1, 0.15) is 0 Å². The highest BCUT2D eigenvalue weighted by atomic mass is 16.3. The van der Waals surface area contributed by atoms with Crippen LogP contribution in [-0.2, 0) is 0 Å². The normalized spacial score (nSPS) is 11.6. The molecule has 234 valence electrons. The van der Waals surface area contributed by atoms with Crippen LogP contribution < -0.4 is 0 Å². The Balaban J connectivity index is 1.20. The number of aromatic nitrogens is 4. The lowest BCUT2D eigenvalue weighted by atomic mass is 10.0. The van der Waals surface area contributed by atoms with E-state index in [-0.39, 0.29) is 0 Å². The molecule has 3 heterocycles. The Hall–Kier alpha value is -6.85. The summed E-state index contributed by atoms with van der Waals surface area (Å²) in [5.41, 5.74) is 10.1. The zero-order chi connectivity index (χ0) is 33.0. The predicted octanol–water partition coefficient (Wildman–Crippen LogP) is 11.5. The van der Waals surface area contributed by atoms with E-state index in [1.807, 2.05) is 72.8 Å². The molecule has 0 atom stereocenters. The summed E-state index contributed by atoms with van der Waals surface area (Å²) in [6, 6.07) is 58.6. The molecule has 0 N–H and O–H groups in total. The lowest BCUT2D eigenvalue weighted by Gasteiger charge is -2.10. The van der Waals surface area contributed by atoms with Gasteiger partial charge in [-0.25, -0.2) is 15.0 Å². The molecule has 0 saturated carbocycles. The third kappa shape index (κ3) is 4.60. The monoisotopic (exact) mass is 640 g/mol. The summed E-state index contributed by atoms with van der Waals surface area (Å²) in [4.78, 5) is 15.0. The number of furan rings is 1. The highest BCUT2D eigenvalue weighted by molar-refractivity contribution is 6.14. The molecule has 3 aromatic heterocycles. The van der Waals surface area contributed by atoms with Gasteiger partial charge in [0.05, 0.1) is 11.0 Å². The molecule has 5 heteroatoms. The molecule has 0 saturated heterocycles. The third-order valence-electron chi connectivity index (χ3n) is 9.46. The summed E-state index contributed by atoms with van der Waals surface area (Å²) >= 11 is 0. The van der Waals surface area contributed by atoms with Crippen molar-refractivity contribution < 1.29 is 4.42 Å². The van der Waals surface area contributed by atoms with Crippen molar-refractivity contribution in [3.8, 4) is 51.0 Å². The Morgan fingerprint density at radius 2 is 1.00 bits per heavy atom. The second-order valence-corrected chi connectivity index (χ2v) is 12.5. The summed E-state index contributed by atoms with van der Waals surface area (Å²) in [6.45, 7) is 0. The van der Waals surface area contributed by atoms with Gasteiger partial charge < -0.3 is 8.98 Å². The highest BCUT2D eigenvalue weighted by Crippen LogP contribution is 2.40. The van der Waals surface area contributed by atoms with Gasteiger partial charge in [-0.3, -0.25) is 0 Å². The number of fused-ring (bicyclic) bond motifs is 6. The van der Waals surface area contributed by atoms with Crippen LogP contribution in [0.15, 0.2) is 174 Å². The maximum Gasteiger partial charge on any atom is 0.164 e. The van der Waals surface area contributed by atoms with Gasteiger partial charge in [-0.05, 0) is 53.6 Å². The highest BCUT2D eigenvalue weighted by Gasteiger charge is 2.19. The van der Waals surface area contributed by atoms with Crippen LogP contribution in [0.3, 0.4) is 0 Å². The molecule has 0 amide bonds. The number of hydrogen-bond acceptors (Lipinski definition) is 4. The fourth-order valence-corrected chi connectivity index (χ4v) is 7.13. The molecule has 0 bridgehead atoms. The maximum atomic E-state index is 6.48. The van der Waals surface area contributed by atoms with Crippen molar-refractivity contribution in [3.05, 3.63) is 170 Å². The zero-order valence-electron chi connectivity index (χ0n) is 26.9. The summed E-state index contributed by atoms with van der Waals surface area (Å²) in [5.74, 6) is 1.85. The Bertz CT molecular complexity index is 2800. The smallest absolute Gasteiger partial charge is 0.164 e. The number of rotatable bonds is 5. The van der Waals surface area contributed by atoms with Crippen molar-refractivity contribution in [1.29, 1.82) is 0 Å². The summed E-state index contributed by atoms with van der Waals surface area (Å²) < 4.78 is 8.83. The number of hydrogen-bond donors (Lipinski definition) is 0. The first-order valence-electron chi connectivity index (χ1n) is 16.7. The molecular formula is C45H28N4O. The molecule has 10 aromatic rings. The second-order valence-electron chi connectivity index (χ2n) is 12.5. The molecule has 0 aliphatic rings. The molecule has 7 aromatic carbocycles. The average molecular weight is 641 g/mol. The molecule has 10 rings (SSSR count). The van der Waals surface area contributed by atoms with Crippen molar-refractivity contribution in [1.82, 2.24) is 19.5 Å². The lowest BCUT2D eigenvalue weighted by molar-refractivity contribution is 0.669. The van der Waals surface area contributed by atoms with Crippen LogP contribution >= 0.6 is 0 Å². The van der Waals surface area contributed by atoms with Gasteiger partial charge in [0.25, 0.3) is 0 Å². The van der Waals surface area contributed by atoms with Crippen LogP contribution in [0.25, 0.3) is 94.7 Å². The molecule has 50 heavy (non-hydrogen) atoms. The van der Waals surface area contributed by atoms with Gasteiger partial charge in [-0.1, -0.05) is 127 Å². The second kappa shape index (κ2) is 11.4. The first-order chi connectivity index (χ1) is 24.8. The van der Waals surface area contributed by atoms with Gasteiger partial charge in [0.1, 0.15) is 11.2 Å². The number of para-hydroxylation sites is 1. The minimum Gasteiger partial charge on any atom is -0.456 e. The minimum atomic E-state index is 0.599. The van der Waals surface area contributed by atoms with E-state index in [4.69, 9.17) is 19.4 Å². The Kier molecular flexibility index (Phi) is 6.42. The maximum absolute atomic E-state index is 6.48. The molecule has 0 spiro atoms.